The number of carboxylic acids is 1. The third-order valence-corrected chi connectivity index (χ3v) is 4.80. The molecule has 0 spiro atoms. The van der Waals surface area contributed by atoms with Gasteiger partial charge in [0.1, 0.15) is 17.1 Å². The van der Waals surface area contributed by atoms with Crippen molar-refractivity contribution in [3.05, 3.63) is 47.0 Å². The Bertz CT molecular complexity index is 815. The van der Waals surface area contributed by atoms with E-state index in [9.17, 15) is 25.2 Å². The third-order valence-electron chi connectivity index (χ3n) is 4.80. The minimum Gasteiger partial charge on any atom is -0.507 e. The highest BCUT2D eigenvalue weighted by atomic mass is 16.5. The molecule has 6 nitrogen and oxygen atoms in total. The van der Waals surface area contributed by atoms with Crippen molar-refractivity contribution in [2.45, 2.75) is 51.9 Å². The number of rotatable bonds is 10. The number of hydrogen-bond donors (Lipinski definition) is 4. The fourth-order valence-corrected chi connectivity index (χ4v) is 3.35. The number of carboxylic acid groups (broad SMARTS) is 1. The van der Waals surface area contributed by atoms with Gasteiger partial charge < -0.3 is 25.2 Å². The Morgan fingerprint density at radius 2 is 1.75 bits per heavy atom. The monoisotopic (exact) mass is 388 g/mol. The lowest BCUT2D eigenvalue weighted by Crippen LogP contribution is -2.08. The molecule has 2 aromatic carbocycles. The van der Waals surface area contributed by atoms with Gasteiger partial charge >= 0.3 is 5.97 Å². The lowest BCUT2D eigenvalue weighted by atomic mass is 9.91. The average molecular weight is 388 g/mol. The molecule has 0 amide bonds. The summed E-state index contributed by atoms with van der Waals surface area (Å²) in [5, 5.41) is 38.7. The van der Waals surface area contributed by atoms with E-state index in [2.05, 4.69) is 6.92 Å². The van der Waals surface area contributed by atoms with E-state index in [0.717, 1.165) is 24.8 Å². The van der Waals surface area contributed by atoms with Gasteiger partial charge in [-0.3, -0.25) is 0 Å². The minimum atomic E-state index is -1.17. The molecule has 0 fully saturated rings. The molecule has 6 heteroatoms. The van der Waals surface area contributed by atoms with Crippen LogP contribution in [-0.2, 0) is 6.42 Å². The van der Waals surface area contributed by atoms with E-state index in [4.69, 9.17) is 4.74 Å². The molecular formula is C22H28O6. The van der Waals surface area contributed by atoms with E-state index < -0.39 is 5.97 Å². The first-order valence-electron chi connectivity index (χ1n) is 9.61. The molecule has 0 aromatic heterocycles. The van der Waals surface area contributed by atoms with E-state index >= 15 is 0 Å². The van der Waals surface area contributed by atoms with Crippen molar-refractivity contribution in [1.82, 2.24) is 0 Å². The molecule has 28 heavy (non-hydrogen) atoms. The topological polar surface area (TPSA) is 107 Å². The highest BCUT2D eigenvalue weighted by Crippen LogP contribution is 2.35. The first-order chi connectivity index (χ1) is 13.4. The molecule has 0 bridgehead atoms. The molecule has 0 aliphatic carbocycles. The van der Waals surface area contributed by atoms with Crippen LogP contribution in [-0.4, -0.2) is 33.0 Å². The Labute approximate surface area is 165 Å². The molecule has 0 heterocycles. The average Bonchev–Trinajstić information content (AvgIpc) is 2.65. The summed E-state index contributed by atoms with van der Waals surface area (Å²) < 4.78 is 5.89. The van der Waals surface area contributed by atoms with E-state index in [1.54, 1.807) is 18.2 Å². The third kappa shape index (κ3) is 5.09. The quantitative estimate of drug-likeness (QED) is 0.435. The first-order valence-corrected chi connectivity index (χ1v) is 9.61. The number of phenols is 3. The van der Waals surface area contributed by atoms with Crippen molar-refractivity contribution >= 4 is 5.97 Å². The molecule has 0 aliphatic rings. The predicted octanol–water partition coefficient (Wildman–Crippen LogP) is 4.81. The zero-order valence-electron chi connectivity index (χ0n) is 16.3. The van der Waals surface area contributed by atoms with E-state index in [1.807, 2.05) is 6.92 Å². The lowest BCUT2D eigenvalue weighted by Gasteiger charge is -2.19. The van der Waals surface area contributed by atoms with Crippen LogP contribution in [0.2, 0.25) is 0 Å². The van der Waals surface area contributed by atoms with Crippen molar-refractivity contribution in [3.8, 4) is 23.0 Å². The first kappa shape index (κ1) is 21.4. The van der Waals surface area contributed by atoms with Crippen LogP contribution in [0.4, 0.5) is 0 Å². The summed E-state index contributed by atoms with van der Waals surface area (Å²) in [7, 11) is 0. The molecule has 4 N–H and O–H groups in total. The Hall–Kier alpha value is -2.89. The molecule has 152 valence electrons. The Morgan fingerprint density at radius 3 is 2.36 bits per heavy atom. The van der Waals surface area contributed by atoms with Gasteiger partial charge in [-0.15, -0.1) is 0 Å². The summed E-state index contributed by atoms with van der Waals surface area (Å²) in [6, 6.07) is 7.80. The standard InChI is InChI=1S/C22H28O6/c1-3-5-14(15-7-9-18(23)19(24)13-15)11-12-28-20-10-8-17(22(26)27)21(25)16(20)6-4-2/h7-10,13-14,23-25H,3-6,11-12H2,1-2H3,(H,26,27). The van der Waals surface area contributed by atoms with Gasteiger partial charge in [-0.1, -0.05) is 32.8 Å². The van der Waals surface area contributed by atoms with Crippen molar-refractivity contribution in [3.63, 3.8) is 0 Å². The maximum absolute atomic E-state index is 11.2. The number of ether oxygens (including phenoxy) is 1. The number of hydrogen-bond acceptors (Lipinski definition) is 5. The van der Waals surface area contributed by atoms with Crippen molar-refractivity contribution in [2.75, 3.05) is 6.61 Å². The summed E-state index contributed by atoms with van der Waals surface area (Å²) in [6.07, 6.45) is 3.82. The number of carbonyl (C=O) groups is 1. The summed E-state index contributed by atoms with van der Waals surface area (Å²) in [4.78, 5) is 11.2. The summed E-state index contributed by atoms with van der Waals surface area (Å²) in [6.45, 7) is 4.41. The Morgan fingerprint density at radius 1 is 1.00 bits per heavy atom. The maximum Gasteiger partial charge on any atom is 0.339 e. The Kier molecular flexibility index (Phi) is 7.55. The van der Waals surface area contributed by atoms with Gasteiger partial charge in [-0.25, -0.2) is 4.79 Å². The maximum atomic E-state index is 11.2. The Balaban J connectivity index is 2.14. The van der Waals surface area contributed by atoms with Crippen LogP contribution in [0.5, 0.6) is 23.0 Å². The molecule has 0 aliphatic heterocycles. The minimum absolute atomic E-state index is 0.126. The van der Waals surface area contributed by atoms with Gasteiger partial charge in [0.05, 0.1) is 6.61 Å². The van der Waals surface area contributed by atoms with Crippen LogP contribution in [0, 0.1) is 0 Å². The van der Waals surface area contributed by atoms with Crippen molar-refractivity contribution < 1.29 is 30.0 Å². The van der Waals surface area contributed by atoms with Gasteiger partial charge in [-0.05, 0) is 55.0 Å². The number of benzene rings is 2. The van der Waals surface area contributed by atoms with Crippen molar-refractivity contribution in [2.24, 2.45) is 0 Å². The van der Waals surface area contributed by atoms with Crippen LogP contribution in [0.25, 0.3) is 0 Å². The van der Waals surface area contributed by atoms with Crippen LogP contribution < -0.4 is 4.74 Å². The second kappa shape index (κ2) is 9.88. The van der Waals surface area contributed by atoms with Gasteiger partial charge in [0.15, 0.2) is 11.5 Å². The van der Waals surface area contributed by atoms with Gasteiger partial charge in [-0.2, -0.15) is 0 Å². The lowest BCUT2D eigenvalue weighted by molar-refractivity contribution is 0.0693. The molecule has 2 rings (SSSR count). The highest BCUT2D eigenvalue weighted by Gasteiger charge is 2.18. The fourth-order valence-electron chi connectivity index (χ4n) is 3.35. The van der Waals surface area contributed by atoms with Gasteiger partial charge in [0.25, 0.3) is 0 Å². The zero-order chi connectivity index (χ0) is 20.7. The van der Waals surface area contributed by atoms with Crippen LogP contribution in [0.3, 0.4) is 0 Å². The smallest absolute Gasteiger partial charge is 0.339 e. The molecule has 0 saturated heterocycles. The van der Waals surface area contributed by atoms with Crippen LogP contribution in [0.1, 0.15) is 66.9 Å². The van der Waals surface area contributed by atoms with Gasteiger partial charge in [0.2, 0.25) is 0 Å². The van der Waals surface area contributed by atoms with Crippen LogP contribution >= 0.6 is 0 Å². The van der Waals surface area contributed by atoms with Crippen LogP contribution in [0.15, 0.2) is 30.3 Å². The number of phenolic OH excluding ortho intramolecular Hbond substituents is 2. The van der Waals surface area contributed by atoms with Crippen molar-refractivity contribution in [1.29, 1.82) is 0 Å². The summed E-state index contributed by atoms with van der Waals surface area (Å²) in [5.74, 6) is -1.05. The highest BCUT2D eigenvalue weighted by molar-refractivity contribution is 5.91. The number of aromatic hydroxyl groups is 3. The SMILES string of the molecule is CCCc1c(OCCC(CCC)c2ccc(O)c(O)c2)ccc(C(=O)O)c1O. The summed E-state index contributed by atoms with van der Waals surface area (Å²) in [5.41, 5.74) is 1.31. The molecular weight excluding hydrogens is 360 g/mol. The van der Waals surface area contributed by atoms with E-state index in [-0.39, 0.29) is 28.7 Å². The molecule has 0 saturated carbocycles. The van der Waals surface area contributed by atoms with E-state index in [1.165, 1.54) is 12.1 Å². The molecule has 1 atom stereocenters. The number of aromatic carboxylic acids is 1. The normalized spacial score (nSPS) is 11.9. The fraction of sp³-hybridized carbons (Fsp3) is 0.409. The largest absolute Gasteiger partial charge is 0.507 e. The second-order valence-electron chi connectivity index (χ2n) is 6.86. The molecule has 2 aromatic rings. The molecule has 0 radical (unpaired) electrons. The van der Waals surface area contributed by atoms with Gasteiger partial charge in [0, 0.05) is 5.56 Å². The molecule has 1 unspecified atom stereocenters. The zero-order valence-corrected chi connectivity index (χ0v) is 16.3. The second-order valence-corrected chi connectivity index (χ2v) is 6.86. The predicted molar refractivity (Wildman–Crippen MR) is 107 cm³/mol. The van der Waals surface area contributed by atoms with E-state index in [0.29, 0.717) is 30.8 Å². The summed E-state index contributed by atoms with van der Waals surface area (Å²) >= 11 is 0.